The molecule has 3 heterocycles. The third-order valence-corrected chi connectivity index (χ3v) is 6.02. The number of halogens is 1. The molecule has 0 amide bonds. The van der Waals surface area contributed by atoms with Gasteiger partial charge in [-0.05, 0) is 49.1 Å². The first kappa shape index (κ1) is 18.0. The molecule has 2 atom stereocenters. The Morgan fingerprint density at radius 3 is 2.62 bits per heavy atom. The second-order valence-electron chi connectivity index (χ2n) is 7.64. The Labute approximate surface area is 169 Å². The number of hydrogen-bond acceptors (Lipinski definition) is 4. The third kappa shape index (κ3) is 3.20. The molecule has 0 saturated carbocycles. The summed E-state index contributed by atoms with van der Waals surface area (Å²) in [7, 11) is 1.67. The summed E-state index contributed by atoms with van der Waals surface area (Å²) in [4.78, 5) is 6.41. The van der Waals surface area contributed by atoms with Crippen molar-refractivity contribution in [2.45, 2.75) is 38.0 Å². The average molecular weight is 390 g/mol. The van der Waals surface area contributed by atoms with E-state index >= 15 is 0 Å². The van der Waals surface area contributed by atoms with Crippen molar-refractivity contribution in [3.05, 3.63) is 83.4 Å². The van der Waals surface area contributed by atoms with Crippen LogP contribution >= 0.6 is 0 Å². The van der Waals surface area contributed by atoms with E-state index in [4.69, 9.17) is 9.47 Å². The van der Waals surface area contributed by atoms with Gasteiger partial charge >= 0.3 is 0 Å². The van der Waals surface area contributed by atoms with Crippen LogP contribution < -0.4 is 14.4 Å². The van der Waals surface area contributed by atoms with E-state index in [1.54, 1.807) is 13.3 Å². The maximum absolute atomic E-state index is 14.6. The summed E-state index contributed by atoms with van der Waals surface area (Å²) in [6, 6.07) is 18.5. The summed E-state index contributed by atoms with van der Waals surface area (Å²) in [5.74, 6) is 1.16. The van der Waals surface area contributed by atoms with E-state index < -0.39 is 0 Å². The van der Waals surface area contributed by atoms with Gasteiger partial charge in [0, 0.05) is 22.9 Å². The minimum Gasteiger partial charge on any atom is -0.497 e. The summed E-state index contributed by atoms with van der Waals surface area (Å²) in [5, 5.41) is 0. The number of aromatic nitrogens is 1. The fourth-order valence-electron chi connectivity index (χ4n) is 4.68. The summed E-state index contributed by atoms with van der Waals surface area (Å²) in [6.07, 6.45) is 4.21. The lowest BCUT2D eigenvalue weighted by Crippen LogP contribution is -2.38. The molecule has 1 saturated heterocycles. The van der Waals surface area contributed by atoms with E-state index in [2.05, 4.69) is 22.0 Å². The van der Waals surface area contributed by atoms with Crippen LogP contribution in [0.5, 0.6) is 11.5 Å². The number of anilines is 1. The average Bonchev–Trinajstić information content (AvgIpc) is 3.08. The summed E-state index contributed by atoms with van der Waals surface area (Å²) < 4.78 is 26.1. The first-order valence-electron chi connectivity index (χ1n) is 10.0. The van der Waals surface area contributed by atoms with Gasteiger partial charge in [0.25, 0.3) is 0 Å². The van der Waals surface area contributed by atoms with E-state index in [1.807, 2.05) is 42.5 Å². The van der Waals surface area contributed by atoms with Crippen molar-refractivity contribution in [3.63, 3.8) is 0 Å². The molecule has 1 aromatic heterocycles. The number of pyridine rings is 1. The Balaban J connectivity index is 1.49. The van der Waals surface area contributed by atoms with Gasteiger partial charge in [-0.15, -0.1) is 0 Å². The van der Waals surface area contributed by atoms with Crippen LogP contribution in [0.3, 0.4) is 0 Å². The SMILES string of the molecule is COc1ccc(N2C3CC[C@H]2Cc2c(F)ncc(OCc4ccccc4)c23)cc1. The molecular weight excluding hydrogens is 367 g/mol. The zero-order valence-electron chi connectivity index (χ0n) is 16.3. The van der Waals surface area contributed by atoms with E-state index in [9.17, 15) is 4.39 Å². The van der Waals surface area contributed by atoms with Gasteiger partial charge in [0.15, 0.2) is 0 Å². The minimum atomic E-state index is -0.363. The van der Waals surface area contributed by atoms with Gasteiger partial charge in [0.05, 0.1) is 19.3 Å². The number of nitrogens with zero attached hydrogens (tertiary/aromatic N) is 2. The summed E-state index contributed by atoms with van der Waals surface area (Å²) in [6.45, 7) is 0.444. The highest BCUT2D eigenvalue weighted by molar-refractivity contribution is 5.58. The number of benzene rings is 2. The van der Waals surface area contributed by atoms with Gasteiger partial charge in [0.1, 0.15) is 18.1 Å². The van der Waals surface area contributed by atoms with Gasteiger partial charge in [-0.2, -0.15) is 4.39 Å². The van der Waals surface area contributed by atoms with Crippen molar-refractivity contribution >= 4 is 5.69 Å². The van der Waals surface area contributed by atoms with Crippen molar-refractivity contribution in [3.8, 4) is 11.5 Å². The second kappa shape index (κ2) is 7.39. The molecule has 3 aromatic rings. The largest absolute Gasteiger partial charge is 0.497 e. The van der Waals surface area contributed by atoms with E-state index in [0.717, 1.165) is 35.4 Å². The van der Waals surface area contributed by atoms with Gasteiger partial charge in [0.2, 0.25) is 5.95 Å². The highest BCUT2D eigenvalue weighted by atomic mass is 19.1. The molecular formula is C24H23FN2O2. The molecule has 2 bridgehead atoms. The number of rotatable bonds is 5. The van der Waals surface area contributed by atoms with Crippen LogP contribution in [0.25, 0.3) is 0 Å². The zero-order valence-corrected chi connectivity index (χ0v) is 16.3. The maximum atomic E-state index is 14.6. The molecule has 29 heavy (non-hydrogen) atoms. The fraction of sp³-hybridized carbons (Fsp3) is 0.292. The molecule has 0 aliphatic carbocycles. The summed E-state index contributed by atoms with van der Waals surface area (Å²) in [5.41, 5.74) is 3.89. The number of fused-ring (bicyclic) bond motifs is 4. The van der Waals surface area contributed by atoms with Crippen molar-refractivity contribution in [2.24, 2.45) is 0 Å². The topological polar surface area (TPSA) is 34.6 Å². The minimum absolute atomic E-state index is 0.0976. The molecule has 1 unspecified atom stereocenters. The van der Waals surface area contributed by atoms with Gasteiger partial charge in [-0.3, -0.25) is 0 Å². The van der Waals surface area contributed by atoms with Gasteiger partial charge in [-0.25, -0.2) is 4.98 Å². The Morgan fingerprint density at radius 1 is 1.07 bits per heavy atom. The number of hydrogen-bond donors (Lipinski definition) is 0. The molecule has 0 spiro atoms. The Bertz CT molecular complexity index is 1010. The highest BCUT2D eigenvalue weighted by Gasteiger charge is 2.43. The Kier molecular flexibility index (Phi) is 4.58. The molecule has 5 rings (SSSR count). The molecule has 2 aliphatic rings. The first-order chi connectivity index (χ1) is 14.2. The molecule has 0 radical (unpaired) electrons. The lowest BCUT2D eigenvalue weighted by atomic mass is 9.93. The Hall–Kier alpha value is -3.08. The lowest BCUT2D eigenvalue weighted by Gasteiger charge is -2.38. The monoisotopic (exact) mass is 390 g/mol. The summed E-state index contributed by atoms with van der Waals surface area (Å²) >= 11 is 0. The van der Waals surface area contributed by atoms with E-state index in [0.29, 0.717) is 24.3 Å². The van der Waals surface area contributed by atoms with E-state index in [1.165, 1.54) is 0 Å². The van der Waals surface area contributed by atoms with Crippen LogP contribution in [0, 0.1) is 5.95 Å². The van der Waals surface area contributed by atoms with Crippen LogP contribution in [-0.2, 0) is 13.0 Å². The molecule has 2 aliphatic heterocycles. The second-order valence-corrected chi connectivity index (χ2v) is 7.64. The highest BCUT2D eigenvalue weighted by Crippen LogP contribution is 2.49. The van der Waals surface area contributed by atoms with Crippen LogP contribution in [0.4, 0.5) is 10.1 Å². The molecule has 4 nitrogen and oxygen atoms in total. The Morgan fingerprint density at radius 2 is 1.86 bits per heavy atom. The first-order valence-corrected chi connectivity index (χ1v) is 10.0. The van der Waals surface area contributed by atoms with Gasteiger partial charge < -0.3 is 14.4 Å². The van der Waals surface area contributed by atoms with Crippen molar-refractivity contribution in [2.75, 3.05) is 12.0 Å². The lowest BCUT2D eigenvalue weighted by molar-refractivity contribution is 0.296. The molecule has 0 N–H and O–H groups in total. The molecule has 2 aromatic carbocycles. The smallest absolute Gasteiger partial charge is 0.216 e. The number of methoxy groups -OCH3 is 1. The van der Waals surface area contributed by atoms with Crippen LogP contribution in [0.2, 0.25) is 0 Å². The van der Waals surface area contributed by atoms with Crippen molar-refractivity contribution < 1.29 is 13.9 Å². The maximum Gasteiger partial charge on any atom is 0.216 e. The van der Waals surface area contributed by atoms with Gasteiger partial charge in [-0.1, -0.05) is 30.3 Å². The molecule has 1 fully saturated rings. The predicted molar refractivity (Wildman–Crippen MR) is 110 cm³/mol. The number of ether oxygens (including phenoxy) is 2. The molecule has 148 valence electrons. The standard InChI is InChI=1S/C24H23FN2O2/c1-28-19-10-7-17(8-11-19)27-18-9-12-21(27)23-20(13-18)24(25)26-14-22(23)29-15-16-5-3-2-4-6-16/h2-8,10-11,14,18,21H,9,12-13,15H2,1H3/t18-,21?/m0/s1. The quantitative estimate of drug-likeness (QED) is 0.570. The predicted octanol–water partition coefficient (Wildman–Crippen LogP) is 5.07. The fourth-order valence-corrected chi connectivity index (χ4v) is 4.68. The third-order valence-electron chi connectivity index (χ3n) is 6.02. The van der Waals surface area contributed by atoms with Crippen LogP contribution in [-0.4, -0.2) is 18.1 Å². The zero-order chi connectivity index (χ0) is 19.8. The van der Waals surface area contributed by atoms with E-state index in [-0.39, 0.29) is 18.0 Å². The van der Waals surface area contributed by atoms with Crippen LogP contribution in [0.15, 0.2) is 60.8 Å². The van der Waals surface area contributed by atoms with Crippen molar-refractivity contribution in [1.29, 1.82) is 0 Å². The normalized spacial score (nSPS) is 19.7. The van der Waals surface area contributed by atoms with Crippen LogP contribution in [0.1, 0.15) is 35.6 Å². The molecule has 5 heteroatoms. The van der Waals surface area contributed by atoms with Crippen molar-refractivity contribution in [1.82, 2.24) is 4.98 Å².